The van der Waals surface area contributed by atoms with Gasteiger partial charge >= 0.3 is 0 Å². The van der Waals surface area contributed by atoms with E-state index in [1.165, 1.54) is 10.9 Å². The second kappa shape index (κ2) is 11.9. The molecule has 0 saturated carbocycles. The molecule has 0 aliphatic carbocycles. The highest BCUT2D eigenvalue weighted by atomic mass is 16.3. The van der Waals surface area contributed by atoms with E-state index in [2.05, 4.69) is 127 Å². The monoisotopic (exact) mass is 651 g/mol. The summed E-state index contributed by atoms with van der Waals surface area (Å²) in [7, 11) is 0. The summed E-state index contributed by atoms with van der Waals surface area (Å²) in [5.74, 6) is 1.92. The molecule has 0 aliphatic heterocycles. The third kappa shape index (κ3) is 5.13. The summed E-state index contributed by atoms with van der Waals surface area (Å²) in [5.41, 5.74) is 9.20. The van der Waals surface area contributed by atoms with Gasteiger partial charge in [-0.1, -0.05) is 152 Å². The topological polar surface area (TPSA) is 51.8 Å². The van der Waals surface area contributed by atoms with Gasteiger partial charge in [0.25, 0.3) is 0 Å². The highest BCUT2D eigenvalue weighted by Crippen LogP contribution is 2.41. The lowest BCUT2D eigenvalue weighted by Gasteiger charge is -2.12. The molecular weight excluding hydrogens is 623 g/mol. The summed E-state index contributed by atoms with van der Waals surface area (Å²) in [6.45, 7) is 0. The third-order valence-corrected chi connectivity index (χ3v) is 9.71. The van der Waals surface area contributed by atoms with Gasteiger partial charge in [-0.15, -0.1) is 0 Å². The van der Waals surface area contributed by atoms with Crippen LogP contribution in [0.25, 0.3) is 99.9 Å². The van der Waals surface area contributed by atoms with Crippen molar-refractivity contribution in [3.8, 4) is 56.4 Å². The molecule has 2 heterocycles. The Morgan fingerprint density at radius 2 is 0.863 bits per heavy atom. The number of aromatic nitrogens is 3. The molecule has 10 aromatic rings. The maximum absolute atomic E-state index is 6.52. The molecule has 0 aliphatic rings. The maximum atomic E-state index is 6.52. The van der Waals surface area contributed by atoms with E-state index in [4.69, 9.17) is 19.4 Å². The van der Waals surface area contributed by atoms with Crippen molar-refractivity contribution in [1.29, 1.82) is 0 Å². The van der Waals surface area contributed by atoms with E-state index in [0.717, 1.165) is 71.5 Å². The largest absolute Gasteiger partial charge is 0.455 e. The number of furan rings is 1. The normalized spacial score (nSPS) is 11.5. The zero-order chi connectivity index (χ0) is 33.7. The van der Waals surface area contributed by atoms with Crippen LogP contribution in [0, 0.1) is 0 Å². The van der Waals surface area contributed by atoms with Gasteiger partial charge in [0.2, 0.25) is 0 Å². The fourth-order valence-corrected chi connectivity index (χ4v) is 7.12. The number of rotatable bonds is 5. The Hall–Kier alpha value is -6.91. The average Bonchev–Trinajstić information content (AvgIpc) is 3.60. The van der Waals surface area contributed by atoms with Crippen LogP contribution in [-0.4, -0.2) is 15.0 Å². The van der Waals surface area contributed by atoms with Crippen LogP contribution in [0.2, 0.25) is 0 Å². The van der Waals surface area contributed by atoms with Crippen molar-refractivity contribution in [2.24, 2.45) is 0 Å². The zero-order valence-corrected chi connectivity index (χ0v) is 27.5. The van der Waals surface area contributed by atoms with Crippen molar-refractivity contribution in [3.05, 3.63) is 176 Å². The third-order valence-electron chi connectivity index (χ3n) is 9.71. The van der Waals surface area contributed by atoms with Crippen LogP contribution in [-0.2, 0) is 0 Å². The van der Waals surface area contributed by atoms with Gasteiger partial charge in [-0.3, -0.25) is 0 Å². The van der Waals surface area contributed by atoms with Crippen molar-refractivity contribution in [2.45, 2.75) is 0 Å². The molecule has 10 rings (SSSR count). The molecule has 0 atom stereocenters. The Kier molecular flexibility index (Phi) is 6.78. The van der Waals surface area contributed by atoms with Crippen LogP contribution in [0.3, 0.4) is 0 Å². The molecule has 0 bridgehead atoms. The van der Waals surface area contributed by atoms with Crippen molar-refractivity contribution >= 4 is 43.5 Å². The molecule has 0 amide bonds. The molecule has 8 aromatic carbocycles. The molecule has 4 heteroatoms. The Balaban J connectivity index is 1.12. The predicted octanol–water partition coefficient (Wildman–Crippen LogP) is 12.4. The van der Waals surface area contributed by atoms with E-state index in [1.54, 1.807) is 0 Å². The first kappa shape index (κ1) is 29.0. The van der Waals surface area contributed by atoms with Crippen LogP contribution in [0.5, 0.6) is 0 Å². The minimum Gasteiger partial charge on any atom is -0.455 e. The summed E-state index contributed by atoms with van der Waals surface area (Å²) in [6.07, 6.45) is 0. The minimum atomic E-state index is 0.632. The Labute approximate surface area is 294 Å². The van der Waals surface area contributed by atoms with Gasteiger partial charge in [0, 0.05) is 32.8 Å². The van der Waals surface area contributed by atoms with Crippen molar-refractivity contribution in [3.63, 3.8) is 0 Å². The lowest BCUT2D eigenvalue weighted by molar-refractivity contribution is 0.672. The van der Waals surface area contributed by atoms with Gasteiger partial charge in [-0.05, 0) is 62.7 Å². The number of hydrogen-bond acceptors (Lipinski definition) is 4. The lowest BCUT2D eigenvalue weighted by Crippen LogP contribution is -2.00. The first-order valence-corrected chi connectivity index (χ1v) is 17.1. The summed E-state index contributed by atoms with van der Waals surface area (Å²) in [5, 5.41) is 6.77. The lowest BCUT2D eigenvalue weighted by atomic mass is 9.92. The Morgan fingerprint density at radius 3 is 1.63 bits per heavy atom. The number of nitrogens with zero attached hydrogens (tertiary/aromatic N) is 3. The SMILES string of the molecule is c1ccc(-c2ccc3c(-c4ccc(-c5nc(-c6ccccc6)nc(-c6ccc7ccccc7c6)n5)cc4)cc4c5ccccc5oc4c3c2)cc1. The summed E-state index contributed by atoms with van der Waals surface area (Å²) in [4.78, 5) is 15.0. The van der Waals surface area contributed by atoms with Crippen LogP contribution < -0.4 is 0 Å². The van der Waals surface area contributed by atoms with Crippen molar-refractivity contribution in [1.82, 2.24) is 15.0 Å². The summed E-state index contributed by atoms with van der Waals surface area (Å²) >= 11 is 0. The quantitative estimate of drug-likeness (QED) is 0.186. The number of hydrogen-bond donors (Lipinski definition) is 0. The highest BCUT2D eigenvalue weighted by molar-refractivity contribution is 6.19. The first-order valence-electron chi connectivity index (χ1n) is 17.1. The molecule has 4 nitrogen and oxygen atoms in total. The molecule has 0 fully saturated rings. The van der Waals surface area contributed by atoms with E-state index in [-0.39, 0.29) is 0 Å². The van der Waals surface area contributed by atoms with E-state index in [1.807, 2.05) is 48.5 Å². The molecule has 0 radical (unpaired) electrons. The van der Waals surface area contributed by atoms with Crippen molar-refractivity contribution < 1.29 is 4.42 Å². The first-order chi connectivity index (χ1) is 25.2. The minimum absolute atomic E-state index is 0.632. The average molecular weight is 652 g/mol. The van der Waals surface area contributed by atoms with Gasteiger partial charge in [0.1, 0.15) is 11.2 Å². The smallest absolute Gasteiger partial charge is 0.164 e. The molecular formula is C47H29N3O. The summed E-state index contributed by atoms with van der Waals surface area (Å²) < 4.78 is 6.52. The number of fused-ring (bicyclic) bond motifs is 6. The van der Waals surface area contributed by atoms with E-state index >= 15 is 0 Å². The van der Waals surface area contributed by atoms with Gasteiger partial charge in [-0.25, -0.2) is 15.0 Å². The van der Waals surface area contributed by atoms with E-state index in [0.29, 0.717) is 17.5 Å². The molecule has 51 heavy (non-hydrogen) atoms. The number of para-hydroxylation sites is 1. The second-order valence-corrected chi connectivity index (χ2v) is 12.8. The zero-order valence-electron chi connectivity index (χ0n) is 27.5. The summed E-state index contributed by atoms with van der Waals surface area (Å²) in [6, 6.07) is 61.1. The molecule has 2 aromatic heterocycles. The van der Waals surface area contributed by atoms with Crippen LogP contribution >= 0.6 is 0 Å². The van der Waals surface area contributed by atoms with E-state index < -0.39 is 0 Å². The van der Waals surface area contributed by atoms with Gasteiger partial charge in [0.15, 0.2) is 17.5 Å². The van der Waals surface area contributed by atoms with Gasteiger partial charge < -0.3 is 4.42 Å². The Morgan fingerprint density at radius 1 is 0.314 bits per heavy atom. The molecule has 238 valence electrons. The fourth-order valence-electron chi connectivity index (χ4n) is 7.12. The fraction of sp³-hybridized carbons (Fsp3) is 0. The molecule has 0 spiro atoms. The Bertz CT molecular complexity index is 2900. The second-order valence-electron chi connectivity index (χ2n) is 12.8. The number of benzene rings is 8. The van der Waals surface area contributed by atoms with Crippen LogP contribution in [0.4, 0.5) is 0 Å². The van der Waals surface area contributed by atoms with E-state index in [9.17, 15) is 0 Å². The molecule has 0 unspecified atom stereocenters. The van der Waals surface area contributed by atoms with Gasteiger partial charge in [0.05, 0.1) is 0 Å². The predicted molar refractivity (Wildman–Crippen MR) is 209 cm³/mol. The van der Waals surface area contributed by atoms with Gasteiger partial charge in [-0.2, -0.15) is 0 Å². The molecule has 0 N–H and O–H groups in total. The highest BCUT2D eigenvalue weighted by Gasteiger charge is 2.17. The maximum Gasteiger partial charge on any atom is 0.164 e. The van der Waals surface area contributed by atoms with Crippen LogP contribution in [0.15, 0.2) is 180 Å². The molecule has 0 saturated heterocycles. The van der Waals surface area contributed by atoms with Crippen molar-refractivity contribution in [2.75, 3.05) is 0 Å². The standard InChI is InChI=1S/C47H29N3O/c1-3-11-30(12-4-1)36-25-26-38-40(29-42-39-17-9-10-18-43(39)51-44(42)41(38)28-36)32-20-22-34(23-21-32)46-48-45(33-14-5-2-6-15-33)49-47(50-46)37-24-19-31-13-7-8-16-35(31)27-37/h1-29H. The van der Waals surface area contributed by atoms with Crippen LogP contribution in [0.1, 0.15) is 0 Å².